The van der Waals surface area contributed by atoms with E-state index in [-0.39, 0.29) is 0 Å². The number of carbonyl (C=O) groups is 1. The Morgan fingerprint density at radius 2 is 2.27 bits per heavy atom. The van der Waals surface area contributed by atoms with Crippen molar-refractivity contribution in [1.29, 1.82) is 0 Å². The van der Waals surface area contributed by atoms with E-state index < -0.39 is 6.03 Å². The van der Waals surface area contributed by atoms with E-state index in [2.05, 4.69) is 15.6 Å². The fourth-order valence-corrected chi connectivity index (χ4v) is 0.521. The number of rotatable bonds is 2. The third-order valence-electron chi connectivity index (χ3n) is 0.972. The van der Waals surface area contributed by atoms with Crippen molar-refractivity contribution in [2.24, 2.45) is 10.7 Å². The lowest BCUT2D eigenvalue weighted by atomic mass is 10.5. The fraction of sp³-hybridized carbons (Fsp3) is 0.667. The number of hydrogen-bond acceptors (Lipinski definition) is 2. The van der Waals surface area contributed by atoms with Crippen LogP contribution in [0.4, 0.5) is 4.79 Å². The number of nitrogens with two attached hydrogens (primary N) is 1. The molecule has 0 aromatic heterocycles. The molecule has 0 aromatic carbocycles. The van der Waals surface area contributed by atoms with Gasteiger partial charge in [-0.1, -0.05) is 6.92 Å². The van der Waals surface area contributed by atoms with Crippen LogP contribution in [0.2, 0.25) is 0 Å². The molecule has 11 heavy (non-hydrogen) atoms. The van der Waals surface area contributed by atoms with Crippen LogP contribution in [-0.4, -0.2) is 25.6 Å². The Kier molecular flexibility index (Phi) is 4.89. The summed E-state index contributed by atoms with van der Waals surface area (Å²) in [7, 11) is 1.67. The van der Waals surface area contributed by atoms with Gasteiger partial charge in [-0.2, -0.15) is 0 Å². The highest BCUT2D eigenvalue weighted by atomic mass is 16.2. The largest absolute Gasteiger partial charge is 0.359 e. The topological polar surface area (TPSA) is 79.5 Å². The summed E-state index contributed by atoms with van der Waals surface area (Å²) < 4.78 is 0. The minimum Gasteiger partial charge on any atom is -0.359 e. The number of nitrogens with one attached hydrogen (secondary N) is 2. The van der Waals surface area contributed by atoms with E-state index in [1.54, 1.807) is 7.05 Å². The molecule has 0 heterocycles. The highest BCUT2D eigenvalue weighted by Crippen LogP contribution is 1.76. The van der Waals surface area contributed by atoms with Crippen LogP contribution in [0, 0.1) is 0 Å². The van der Waals surface area contributed by atoms with Gasteiger partial charge >= 0.3 is 6.03 Å². The molecule has 0 saturated carbocycles. The number of hydrogen-bond donors (Lipinski definition) is 3. The van der Waals surface area contributed by atoms with Crippen molar-refractivity contribution in [3.05, 3.63) is 0 Å². The number of primary amides is 1. The molecule has 0 aliphatic carbocycles. The molecule has 5 heteroatoms. The smallest absolute Gasteiger partial charge is 0.318 e. The second-order valence-electron chi connectivity index (χ2n) is 1.97. The van der Waals surface area contributed by atoms with Crippen LogP contribution in [0.1, 0.15) is 13.3 Å². The van der Waals surface area contributed by atoms with Gasteiger partial charge in [0, 0.05) is 13.6 Å². The number of amides is 2. The van der Waals surface area contributed by atoms with Crippen molar-refractivity contribution in [2.75, 3.05) is 13.6 Å². The Morgan fingerprint density at radius 1 is 1.64 bits per heavy atom. The molecule has 0 unspecified atom stereocenters. The summed E-state index contributed by atoms with van der Waals surface area (Å²) in [6.45, 7) is 2.68. The van der Waals surface area contributed by atoms with Gasteiger partial charge in [-0.05, 0) is 6.42 Å². The number of urea groups is 1. The van der Waals surface area contributed by atoms with Gasteiger partial charge in [0.15, 0.2) is 5.96 Å². The summed E-state index contributed by atoms with van der Waals surface area (Å²) in [5, 5.41) is 5.05. The molecule has 0 atom stereocenters. The van der Waals surface area contributed by atoms with E-state index in [1.165, 1.54) is 0 Å². The number of nitrogens with zero attached hydrogens (tertiary/aromatic N) is 1. The van der Waals surface area contributed by atoms with Crippen LogP contribution >= 0.6 is 0 Å². The molecule has 0 bridgehead atoms. The molecule has 0 spiro atoms. The molecule has 0 fully saturated rings. The summed E-state index contributed by atoms with van der Waals surface area (Å²) in [5.74, 6) is 0.416. The summed E-state index contributed by atoms with van der Waals surface area (Å²) in [6, 6.07) is -0.603. The molecule has 0 radical (unpaired) electrons. The van der Waals surface area contributed by atoms with Crippen LogP contribution < -0.4 is 16.4 Å². The highest BCUT2D eigenvalue weighted by molar-refractivity contribution is 5.95. The van der Waals surface area contributed by atoms with Crippen molar-refractivity contribution >= 4 is 12.0 Å². The molecule has 0 rings (SSSR count). The monoisotopic (exact) mass is 158 g/mol. The van der Waals surface area contributed by atoms with Crippen LogP contribution in [-0.2, 0) is 0 Å². The molecule has 0 saturated heterocycles. The Hall–Kier alpha value is -1.26. The van der Waals surface area contributed by atoms with Crippen LogP contribution in [0.25, 0.3) is 0 Å². The van der Waals surface area contributed by atoms with Crippen molar-refractivity contribution in [3.8, 4) is 0 Å². The first-order valence-electron chi connectivity index (χ1n) is 3.49. The number of carbonyl (C=O) groups excluding carboxylic acids is 1. The van der Waals surface area contributed by atoms with E-state index in [0.717, 1.165) is 6.42 Å². The van der Waals surface area contributed by atoms with Crippen LogP contribution in [0.3, 0.4) is 0 Å². The molecule has 0 aliphatic rings. The third kappa shape index (κ3) is 5.20. The Morgan fingerprint density at radius 3 is 2.64 bits per heavy atom. The average molecular weight is 158 g/mol. The number of guanidine groups is 1. The predicted octanol–water partition coefficient (Wildman–Crippen LogP) is -0.360. The van der Waals surface area contributed by atoms with Gasteiger partial charge in [0.2, 0.25) is 0 Å². The highest BCUT2D eigenvalue weighted by Gasteiger charge is 1.96. The SMILES string of the molecule is CCCN=C(NC)NC(N)=O. The van der Waals surface area contributed by atoms with Crippen LogP contribution in [0.5, 0.6) is 0 Å². The van der Waals surface area contributed by atoms with E-state index in [4.69, 9.17) is 5.73 Å². The second-order valence-corrected chi connectivity index (χ2v) is 1.97. The van der Waals surface area contributed by atoms with Crippen molar-refractivity contribution in [1.82, 2.24) is 10.6 Å². The second kappa shape index (κ2) is 5.52. The number of aliphatic imine (C=N–C) groups is 1. The predicted molar refractivity (Wildman–Crippen MR) is 44.4 cm³/mol. The minimum absolute atomic E-state index is 0.416. The minimum atomic E-state index is -0.603. The maximum Gasteiger partial charge on any atom is 0.318 e. The van der Waals surface area contributed by atoms with Gasteiger partial charge < -0.3 is 11.1 Å². The molecule has 0 aromatic rings. The quantitative estimate of drug-likeness (QED) is 0.379. The Balaban J connectivity index is 3.83. The summed E-state index contributed by atoms with van der Waals surface area (Å²) in [4.78, 5) is 14.3. The van der Waals surface area contributed by atoms with Crippen molar-refractivity contribution in [3.63, 3.8) is 0 Å². The van der Waals surface area contributed by atoms with Gasteiger partial charge in [-0.15, -0.1) is 0 Å². The third-order valence-corrected chi connectivity index (χ3v) is 0.972. The van der Waals surface area contributed by atoms with E-state index in [0.29, 0.717) is 12.5 Å². The lowest BCUT2D eigenvalue weighted by Crippen LogP contribution is -2.42. The van der Waals surface area contributed by atoms with Gasteiger partial charge in [0.1, 0.15) is 0 Å². The summed E-state index contributed by atoms with van der Waals surface area (Å²) in [5.41, 5.74) is 4.87. The fourth-order valence-electron chi connectivity index (χ4n) is 0.521. The molecule has 0 aliphatic heterocycles. The molecule has 5 nitrogen and oxygen atoms in total. The average Bonchev–Trinajstić information content (AvgIpc) is 1.97. The molecular formula is C6H14N4O. The Labute approximate surface area is 66.1 Å². The normalized spacial score (nSPS) is 10.9. The molecule has 2 amide bonds. The zero-order chi connectivity index (χ0) is 8.69. The summed E-state index contributed by atoms with van der Waals surface area (Å²) >= 11 is 0. The maximum absolute atomic E-state index is 10.3. The lowest BCUT2D eigenvalue weighted by molar-refractivity contribution is 0.253. The molecule has 4 N–H and O–H groups in total. The van der Waals surface area contributed by atoms with Crippen molar-refractivity contribution < 1.29 is 4.79 Å². The Bertz CT molecular complexity index is 155. The first kappa shape index (κ1) is 9.74. The van der Waals surface area contributed by atoms with E-state index >= 15 is 0 Å². The zero-order valence-electron chi connectivity index (χ0n) is 6.85. The van der Waals surface area contributed by atoms with Crippen LogP contribution in [0.15, 0.2) is 4.99 Å². The van der Waals surface area contributed by atoms with Gasteiger partial charge in [-0.25, -0.2) is 4.79 Å². The maximum atomic E-state index is 10.3. The summed E-state index contributed by atoms with van der Waals surface area (Å²) in [6.07, 6.45) is 0.936. The van der Waals surface area contributed by atoms with E-state index in [1.807, 2.05) is 6.92 Å². The standard InChI is InChI=1S/C6H14N4O/c1-3-4-9-6(8-2)10-5(7)11/h3-4H2,1-2H3,(H4,7,8,9,10,11). The van der Waals surface area contributed by atoms with Crippen molar-refractivity contribution in [2.45, 2.75) is 13.3 Å². The first-order valence-corrected chi connectivity index (χ1v) is 3.49. The zero-order valence-corrected chi connectivity index (χ0v) is 6.85. The molecular weight excluding hydrogens is 144 g/mol. The van der Waals surface area contributed by atoms with Gasteiger partial charge in [0.25, 0.3) is 0 Å². The van der Waals surface area contributed by atoms with Gasteiger partial charge in [0.05, 0.1) is 0 Å². The van der Waals surface area contributed by atoms with Gasteiger partial charge in [-0.3, -0.25) is 10.3 Å². The first-order chi connectivity index (χ1) is 5.20. The molecule has 64 valence electrons. The van der Waals surface area contributed by atoms with E-state index in [9.17, 15) is 4.79 Å². The lowest BCUT2D eigenvalue weighted by Gasteiger charge is -2.03.